The number of nitrogens with one attached hydrogen (secondary N) is 1. The molecule has 0 aliphatic heterocycles. The fraction of sp³-hybridized carbons (Fsp3) is 0.364. The van der Waals surface area contributed by atoms with Crippen molar-refractivity contribution >= 4 is 27.5 Å². The van der Waals surface area contributed by atoms with Gasteiger partial charge in [0, 0.05) is 5.69 Å². The van der Waals surface area contributed by atoms with Crippen molar-refractivity contribution in [3.8, 4) is 5.75 Å². The van der Waals surface area contributed by atoms with E-state index >= 15 is 0 Å². The molecule has 1 aromatic rings. The first-order valence-corrected chi connectivity index (χ1v) is 5.77. The monoisotopic (exact) mass is 286 g/mol. The van der Waals surface area contributed by atoms with Gasteiger partial charge >= 0.3 is 0 Å². The molecule has 1 rings (SSSR count). The van der Waals surface area contributed by atoms with Crippen LogP contribution in [0.5, 0.6) is 5.75 Å². The average Bonchev–Trinajstić information content (AvgIpc) is 2.28. The lowest BCUT2D eigenvalue weighted by Gasteiger charge is -2.11. The summed E-state index contributed by atoms with van der Waals surface area (Å²) in [5.41, 5.74) is 6.31. The van der Waals surface area contributed by atoms with Gasteiger partial charge in [0.1, 0.15) is 5.75 Å². The summed E-state index contributed by atoms with van der Waals surface area (Å²) in [6.07, 6.45) is 0.614. The Morgan fingerprint density at radius 2 is 2.31 bits per heavy atom. The largest absolute Gasteiger partial charge is 0.496 e. The van der Waals surface area contributed by atoms with E-state index in [-0.39, 0.29) is 5.91 Å². The molecular formula is C11H15BrN2O2. The van der Waals surface area contributed by atoms with Crippen LogP contribution in [0.1, 0.15) is 13.3 Å². The Labute approximate surface area is 103 Å². The molecule has 5 heteroatoms. The molecule has 0 radical (unpaired) electrons. The van der Waals surface area contributed by atoms with E-state index in [0.29, 0.717) is 12.1 Å². The van der Waals surface area contributed by atoms with Gasteiger partial charge in [-0.25, -0.2) is 0 Å². The smallest absolute Gasteiger partial charge is 0.241 e. The molecule has 1 atom stereocenters. The zero-order chi connectivity index (χ0) is 12.1. The predicted octanol–water partition coefficient (Wildman–Crippen LogP) is 2.13. The first-order valence-electron chi connectivity index (χ1n) is 4.98. The second kappa shape index (κ2) is 5.86. The maximum atomic E-state index is 11.5. The minimum Gasteiger partial charge on any atom is -0.496 e. The van der Waals surface area contributed by atoms with E-state index in [1.54, 1.807) is 25.3 Å². The quantitative estimate of drug-likeness (QED) is 0.891. The maximum Gasteiger partial charge on any atom is 0.241 e. The molecule has 0 aromatic heterocycles. The number of halogens is 1. The number of carbonyl (C=O) groups excluding carboxylic acids is 1. The van der Waals surface area contributed by atoms with Gasteiger partial charge in [-0.05, 0) is 40.5 Å². The van der Waals surface area contributed by atoms with E-state index in [0.717, 1.165) is 10.2 Å². The summed E-state index contributed by atoms with van der Waals surface area (Å²) in [6, 6.07) is 4.85. The summed E-state index contributed by atoms with van der Waals surface area (Å²) in [4.78, 5) is 11.5. The third-order valence-electron chi connectivity index (χ3n) is 2.20. The van der Waals surface area contributed by atoms with Gasteiger partial charge in [0.05, 0.1) is 17.6 Å². The highest BCUT2D eigenvalue weighted by atomic mass is 79.9. The lowest BCUT2D eigenvalue weighted by molar-refractivity contribution is -0.117. The molecule has 0 heterocycles. The van der Waals surface area contributed by atoms with Gasteiger partial charge in [-0.3, -0.25) is 4.79 Å². The Bertz CT molecular complexity index is 382. The summed E-state index contributed by atoms with van der Waals surface area (Å²) < 4.78 is 5.88. The molecule has 0 unspecified atom stereocenters. The molecule has 0 aliphatic rings. The standard InChI is InChI=1S/C11H15BrN2O2/c1-3-9(13)11(15)14-7-4-5-10(16-2)8(12)6-7/h4-6,9H,3,13H2,1-2H3,(H,14,15)/t9-/m0/s1. The molecule has 0 spiro atoms. The number of rotatable bonds is 4. The summed E-state index contributed by atoms with van der Waals surface area (Å²) in [7, 11) is 1.59. The molecule has 88 valence electrons. The van der Waals surface area contributed by atoms with Crippen molar-refractivity contribution in [3.63, 3.8) is 0 Å². The minimum absolute atomic E-state index is 0.181. The minimum atomic E-state index is -0.471. The molecule has 1 amide bonds. The van der Waals surface area contributed by atoms with E-state index in [1.807, 2.05) is 6.92 Å². The van der Waals surface area contributed by atoms with Gasteiger partial charge in [-0.15, -0.1) is 0 Å². The first-order chi connectivity index (χ1) is 7.58. The molecule has 0 saturated carbocycles. The topological polar surface area (TPSA) is 64.4 Å². The lowest BCUT2D eigenvalue weighted by atomic mass is 10.2. The average molecular weight is 287 g/mol. The summed E-state index contributed by atoms with van der Waals surface area (Å²) in [5.74, 6) is 0.539. The van der Waals surface area contributed by atoms with Crippen LogP contribution in [0.15, 0.2) is 22.7 Å². The van der Waals surface area contributed by atoms with Crippen LogP contribution in [0.25, 0.3) is 0 Å². The number of methoxy groups -OCH3 is 1. The fourth-order valence-electron chi connectivity index (χ4n) is 1.16. The van der Waals surface area contributed by atoms with E-state index in [1.165, 1.54) is 0 Å². The summed E-state index contributed by atoms with van der Waals surface area (Å²) >= 11 is 3.34. The molecule has 0 bridgehead atoms. The van der Waals surface area contributed by atoms with Crippen molar-refractivity contribution in [3.05, 3.63) is 22.7 Å². The first kappa shape index (κ1) is 13.0. The van der Waals surface area contributed by atoms with Crippen molar-refractivity contribution < 1.29 is 9.53 Å². The number of hydrogen-bond acceptors (Lipinski definition) is 3. The Kier molecular flexibility index (Phi) is 4.76. The number of nitrogens with two attached hydrogens (primary N) is 1. The maximum absolute atomic E-state index is 11.5. The molecule has 0 saturated heterocycles. The van der Waals surface area contributed by atoms with Gasteiger partial charge in [0.25, 0.3) is 0 Å². The van der Waals surface area contributed by atoms with Crippen LogP contribution in [-0.2, 0) is 4.79 Å². The van der Waals surface area contributed by atoms with Crippen molar-refractivity contribution in [2.45, 2.75) is 19.4 Å². The van der Waals surface area contributed by atoms with Gasteiger partial charge in [-0.1, -0.05) is 6.92 Å². The van der Waals surface area contributed by atoms with Crippen LogP contribution in [-0.4, -0.2) is 19.1 Å². The number of anilines is 1. The molecule has 1 aromatic carbocycles. The van der Waals surface area contributed by atoms with Crippen LogP contribution in [0, 0.1) is 0 Å². The van der Waals surface area contributed by atoms with Crippen molar-refractivity contribution in [2.24, 2.45) is 5.73 Å². The predicted molar refractivity (Wildman–Crippen MR) is 67.6 cm³/mol. The highest BCUT2D eigenvalue weighted by Crippen LogP contribution is 2.27. The second-order valence-corrected chi connectivity index (χ2v) is 4.21. The van der Waals surface area contributed by atoms with Gasteiger partial charge in [-0.2, -0.15) is 0 Å². The second-order valence-electron chi connectivity index (χ2n) is 3.35. The number of hydrogen-bond donors (Lipinski definition) is 2. The Morgan fingerprint density at radius 1 is 1.62 bits per heavy atom. The molecule has 3 N–H and O–H groups in total. The molecular weight excluding hydrogens is 272 g/mol. The van der Waals surface area contributed by atoms with Crippen LogP contribution in [0.2, 0.25) is 0 Å². The summed E-state index contributed by atoms with van der Waals surface area (Å²) in [5, 5.41) is 2.74. The van der Waals surface area contributed by atoms with Crippen LogP contribution in [0.3, 0.4) is 0 Å². The number of amides is 1. The Balaban J connectivity index is 2.75. The third kappa shape index (κ3) is 3.21. The van der Waals surface area contributed by atoms with E-state index in [4.69, 9.17) is 10.5 Å². The molecule has 16 heavy (non-hydrogen) atoms. The van der Waals surface area contributed by atoms with Gasteiger partial charge in [0.15, 0.2) is 0 Å². The molecule has 4 nitrogen and oxygen atoms in total. The van der Waals surface area contributed by atoms with Crippen LogP contribution >= 0.6 is 15.9 Å². The van der Waals surface area contributed by atoms with E-state index < -0.39 is 6.04 Å². The van der Waals surface area contributed by atoms with Crippen LogP contribution < -0.4 is 15.8 Å². The molecule has 0 aliphatic carbocycles. The third-order valence-corrected chi connectivity index (χ3v) is 2.82. The highest BCUT2D eigenvalue weighted by Gasteiger charge is 2.11. The van der Waals surface area contributed by atoms with Crippen molar-refractivity contribution in [2.75, 3.05) is 12.4 Å². The zero-order valence-corrected chi connectivity index (χ0v) is 10.9. The summed E-state index contributed by atoms with van der Waals surface area (Å²) in [6.45, 7) is 1.87. The Morgan fingerprint density at radius 3 is 2.81 bits per heavy atom. The van der Waals surface area contributed by atoms with Crippen molar-refractivity contribution in [1.82, 2.24) is 0 Å². The normalized spacial score (nSPS) is 12.0. The fourth-order valence-corrected chi connectivity index (χ4v) is 1.71. The van der Waals surface area contributed by atoms with Crippen molar-refractivity contribution in [1.29, 1.82) is 0 Å². The lowest BCUT2D eigenvalue weighted by Crippen LogP contribution is -2.34. The molecule has 0 fully saturated rings. The number of carbonyl (C=O) groups is 1. The highest BCUT2D eigenvalue weighted by molar-refractivity contribution is 9.10. The van der Waals surface area contributed by atoms with Gasteiger partial charge in [0.2, 0.25) is 5.91 Å². The Hall–Kier alpha value is -1.07. The zero-order valence-electron chi connectivity index (χ0n) is 9.29. The number of ether oxygens (including phenoxy) is 1. The van der Waals surface area contributed by atoms with E-state index in [9.17, 15) is 4.79 Å². The van der Waals surface area contributed by atoms with Crippen LogP contribution in [0.4, 0.5) is 5.69 Å². The van der Waals surface area contributed by atoms with Gasteiger partial charge < -0.3 is 15.8 Å². The SMILES string of the molecule is CC[C@H](N)C(=O)Nc1ccc(OC)c(Br)c1. The van der Waals surface area contributed by atoms with E-state index in [2.05, 4.69) is 21.2 Å². The number of benzene rings is 1.